The maximum Gasteiger partial charge on any atom is -0.0274 e. The maximum absolute atomic E-state index is 3.06. The minimum absolute atomic E-state index is 1.19. The van der Waals surface area contributed by atoms with Crippen LogP contribution >= 0.6 is 0 Å². The zero-order chi connectivity index (χ0) is 6.95. The molecule has 0 saturated heterocycles. The summed E-state index contributed by atoms with van der Waals surface area (Å²) in [6.07, 6.45) is 9.22. The van der Waals surface area contributed by atoms with Crippen molar-refractivity contribution in [1.29, 1.82) is 0 Å². The molecule has 0 spiro atoms. The third kappa shape index (κ3) is 7.52. The molecule has 0 rings (SSSR count). The number of unbranched alkanes of at least 4 members (excludes halogenated alkanes) is 3. The van der Waals surface area contributed by atoms with Gasteiger partial charge in [-0.25, -0.2) is 0 Å². The summed E-state index contributed by atoms with van der Waals surface area (Å²) in [4.78, 5) is 0. The van der Waals surface area contributed by atoms with E-state index in [-0.39, 0.29) is 0 Å². The van der Waals surface area contributed by atoms with Crippen LogP contribution < -0.4 is 0 Å². The van der Waals surface area contributed by atoms with E-state index in [1.54, 1.807) is 0 Å². The lowest BCUT2D eigenvalue weighted by Gasteiger charge is -1.87. The lowest BCUT2D eigenvalue weighted by Crippen LogP contribution is -1.68. The van der Waals surface area contributed by atoms with Crippen LogP contribution in [0.3, 0.4) is 0 Å². The van der Waals surface area contributed by atoms with Gasteiger partial charge in [-0.2, -0.15) is 0 Å². The van der Waals surface area contributed by atoms with E-state index < -0.39 is 0 Å². The lowest BCUT2D eigenvalue weighted by atomic mass is 10.2. The minimum Gasteiger partial charge on any atom is -0.130 e. The van der Waals surface area contributed by atoms with Gasteiger partial charge in [0.05, 0.1) is 0 Å². The van der Waals surface area contributed by atoms with Crippen molar-refractivity contribution in [3.8, 4) is 0 Å². The molecule has 0 atom stereocenters. The van der Waals surface area contributed by atoms with Crippen LogP contribution in [0.2, 0.25) is 0 Å². The van der Waals surface area contributed by atoms with Crippen molar-refractivity contribution >= 4 is 0 Å². The first-order valence-electron chi connectivity index (χ1n) is 3.77. The topological polar surface area (TPSA) is 0 Å². The van der Waals surface area contributed by atoms with E-state index in [1.165, 1.54) is 25.7 Å². The van der Waals surface area contributed by atoms with Crippen LogP contribution in [0.15, 0.2) is 17.9 Å². The Kier molecular flexibility index (Phi) is 7.12. The fourth-order valence-electron chi connectivity index (χ4n) is 0.698. The average Bonchev–Trinajstić information content (AvgIpc) is 1.89. The van der Waals surface area contributed by atoms with Gasteiger partial charge < -0.3 is 0 Å². The van der Waals surface area contributed by atoms with E-state index in [4.69, 9.17) is 0 Å². The molecule has 0 radical (unpaired) electrons. The monoisotopic (exact) mass is 124 g/mol. The second-order valence-electron chi connectivity index (χ2n) is 2.16. The highest BCUT2D eigenvalue weighted by atomic mass is 13.8. The van der Waals surface area contributed by atoms with Crippen LogP contribution in [0.4, 0.5) is 0 Å². The highest BCUT2D eigenvalue weighted by Crippen LogP contribution is 1.98. The highest BCUT2D eigenvalue weighted by Gasteiger charge is 1.78. The van der Waals surface area contributed by atoms with Crippen LogP contribution in [0, 0.1) is 0 Å². The van der Waals surface area contributed by atoms with Gasteiger partial charge in [0.15, 0.2) is 0 Å². The molecule has 0 nitrogen and oxygen atoms in total. The molecule has 0 heterocycles. The Morgan fingerprint density at radius 3 is 2.67 bits per heavy atom. The molecule has 9 heavy (non-hydrogen) atoms. The number of hydrogen-bond donors (Lipinski definition) is 0. The predicted molar refractivity (Wildman–Crippen MR) is 42.5 cm³/mol. The summed E-state index contributed by atoms with van der Waals surface area (Å²) in [5.41, 5.74) is 3.06. The van der Waals surface area contributed by atoms with Gasteiger partial charge in [-0.3, -0.25) is 0 Å². The quantitative estimate of drug-likeness (QED) is 0.398. The van der Waals surface area contributed by atoms with Gasteiger partial charge in [-0.05, 0) is 31.9 Å². The molecule has 0 heteroatoms. The third-order valence-electron chi connectivity index (χ3n) is 1.24. The normalized spacial score (nSPS) is 8.22. The van der Waals surface area contributed by atoms with Crippen molar-refractivity contribution in [2.75, 3.05) is 0 Å². The van der Waals surface area contributed by atoms with Crippen LogP contribution in [0.25, 0.3) is 0 Å². The van der Waals surface area contributed by atoms with Crippen molar-refractivity contribution in [3.05, 3.63) is 17.9 Å². The molecule has 52 valence electrons. The summed E-state index contributed by atoms with van der Waals surface area (Å²) >= 11 is 0. The van der Waals surface area contributed by atoms with E-state index in [2.05, 4.69) is 18.7 Å². The highest BCUT2D eigenvalue weighted by molar-refractivity contribution is 4.81. The average molecular weight is 124 g/mol. The summed E-state index contributed by atoms with van der Waals surface area (Å²) in [5.74, 6) is 0. The van der Waals surface area contributed by atoms with E-state index >= 15 is 0 Å². The molecular weight excluding hydrogens is 108 g/mol. The molecule has 0 aromatic heterocycles. The summed E-state index contributed by atoms with van der Waals surface area (Å²) in [7, 11) is 0. The molecule has 0 aliphatic heterocycles. The Morgan fingerprint density at radius 1 is 1.33 bits per heavy atom. The first-order chi connectivity index (χ1) is 4.41. The third-order valence-corrected chi connectivity index (χ3v) is 1.24. The molecule has 0 aliphatic rings. The van der Waals surface area contributed by atoms with Crippen LogP contribution in [0.1, 0.15) is 39.5 Å². The van der Waals surface area contributed by atoms with Gasteiger partial charge in [0.1, 0.15) is 0 Å². The Hall–Kier alpha value is -0.480. The maximum atomic E-state index is 3.06. The van der Waals surface area contributed by atoms with Crippen molar-refractivity contribution in [3.63, 3.8) is 0 Å². The molecule has 0 N–H and O–H groups in total. The van der Waals surface area contributed by atoms with Gasteiger partial charge >= 0.3 is 0 Å². The molecule has 0 fully saturated rings. The molecule has 0 unspecified atom stereocenters. The number of allylic oxidation sites excluding steroid dienone is 1. The Labute approximate surface area is 58.3 Å². The van der Waals surface area contributed by atoms with E-state index in [9.17, 15) is 0 Å². The largest absolute Gasteiger partial charge is 0.130 e. The molecule has 0 aliphatic carbocycles. The Balaban J connectivity index is 3.00. The van der Waals surface area contributed by atoms with Crippen molar-refractivity contribution in [1.82, 2.24) is 0 Å². The summed E-state index contributed by atoms with van der Waals surface area (Å²) in [6.45, 7) is 4.22. The van der Waals surface area contributed by atoms with Crippen LogP contribution in [0.5, 0.6) is 0 Å². The first kappa shape index (κ1) is 8.52. The minimum atomic E-state index is 1.19. The fourth-order valence-corrected chi connectivity index (χ4v) is 0.698. The standard InChI is InChI=1S/C9H16/c1-3-5-7-9-8-6-4-2/h3,7H,4,6,8-9H2,1-2H3. The van der Waals surface area contributed by atoms with Gasteiger partial charge in [-0.15, -0.1) is 5.73 Å². The van der Waals surface area contributed by atoms with Gasteiger partial charge in [0.25, 0.3) is 0 Å². The summed E-state index contributed by atoms with van der Waals surface area (Å²) < 4.78 is 0. The van der Waals surface area contributed by atoms with E-state index in [1.807, 2.05) is 13.0 Å². The van der Waals surface area contributed by atoms with Crippen molar-refractivity contribution < 1.29 is 0 Å². The molecular formula is C9H16. The smallest absolute Gasteiger partial charge is 0.0274 e. The SMILES string of the molecule is CC=C=CCCCCC. The second-order valence-corrected chi connectivity index (χ2v) is 2.16. The molecule has 0 aromatic rings. The second kappa shape index (κ2) is 7.52. The van der Waals surface area contributed by atoms with Gasteiger partial charge in [0.2, 0.25) is 0 Å². The number of hydrogen-bond acceptors (Lipinski definition) is 0. The van der Waals surface area contributed by atoms with Gasteiger partial charge in [-0.1, -0.05) is 19.8 Å². The molecule has 0 saturated carbocycles. The van der Waals surface area contributed by atoms with Crippen molar-refractivity contribution in [2.24, 2.45) is 0 Å². The van der Waals surface area contributed by atoms with E-state index in [0.717, 1.165) is 0 Å². The lowest BCUT2D eigenvalue weighted by molar-refractivity contribution is 0.729. The molecule has 0 amide bonds. The molecule has 0 bridgehead atoms. The zero-order valence-corrected chi connectivity index (χ0v) is 6.48. The first-order valence-corrected chi connectivity index (χ1v) is 3.77. The van der Waals surface area contributed by atoms with Crippen molar-refractivity contribution in [2.45, 2.75) is 39.5 Å². The fraction of sp³-hybridized carbons (Fsp3) is 0.667. The predicted octanol–water partition coefficient (Wildman–Crippen LogP) is 3.30. The Bertz CT molecular complexity index is 94.6. The zero-order valence-electron chi connectivity index (χ0n) is 6.48. The van der Waals surface area contributed by atoms with E-state index in [0.29, 0.717) is 0 Å². The molecule has 0 aromatic carbocycles. The summed E-state index contributed by atoms with van der Waals surface area (Å²) in [6, 6.07) is 0. The van der Waals surface area contributed by atoms with Crippen LogP contribution in [-0.4, -0.2) is 0 Å². The van der Waals surface area contributed by atoms with Gasteiger partial charge in [0, 0.05) is 0 Å². The Morgan fingerprint density at radius 2 is 2.11 bits per heavy atom. The van der Waals surface area contributed by atoms with Crippen LogP contribution in [-0.2, 0) is 0 Å². The number of rotatable bonds is 4. The summed E-state index contributed by atoms with van der Waals surface area (Å²) in [5, 5.41) is 0.